The Balaban J connectivity index is 1.69. The van der Waals surface area contributed by atoms with Crippen molar-refractivity contribution in [3.8, 4) is 0 Å². The second-order valence-corrected chi connectivity index (χ2v) is 5.57. The van der Waals surface area contributed by atoms with E-state index in [1.165, 1.54) is 0 Å². The van der Waals surface area contributed by atoms with Crippen molar-refractivity contribution in [1.82, 2.24) is 9.88 Å². The van der Waals surface area contributed by atoms with Gasteiger partial charge in [-0.1, -0.05) is 30.3 Å². The van der Waals surface area contributed by atoms with Gasteiger partial charge in [-0.05, 0) is 36.2 Å². The summed E-state index contributed by atoms with van der Waals surface area (Å²) in [5.74, 6) is 0.889. The molecule has 0 saturated heterocycles. The second kappa shape index (κ2) is 7.11. The summed E-state index contributed by atoms with van der Waals surface area (Å²) in [6, 6.07) is 15.8. The fourth-order valence-electron chi connectivity index (χ4n) is 2.56. The molecule has 4 heteroatoms. The molecule has 2 heterocycles. The molecule has 0 radical (unpaired) electrons. The van der Waals surface area contributed by atoms with Crippen molar-refractivity contribution in [3.63, 3.8) is 0 Å². The monoisotopic (exact) mass is 308 g/mol. The van der Waals surface area contributed by atoms with Crippen molar-refractivity contribution in [2.75, 3.05) is 0 Å². The van der Waals surface area contributed by atoms with E-state index >= 15 is 0 Å². The lowest BCUT2D eigenvalue weighted by Crippen LogP contribution is -2.25. The van der Waals surface area contributed by atoms with Crippen LogP contribution in [0.1, 0.15) is 22.5 Å². The van der Waals surface area contributed by atoms with Gasteiger partial charge in [0.1, 0.15) is 5.76 Å². The van der Waals surface area contributed by atoms with E-state index < -0.39 is 0 Å². The maximum absolute atomic E-state index is 12.5. The number of hydrogen-bond donors (Lipinski definition) is 1. The first-order valence-corrected chi connectivity index (χ1v) is 7.70. The molecular formula is C19H20N2O2. The molecule has 0 aliphatic carbocycles. The summed E-state index contributed by atoms with van der Waals surface area (Å²) >= 11 is 0. The third kappa shape index (κ3) is 3.79. The highest BCUT2D eigenvalue weighted by Gasteiger charge is 2.06. The van der Waals surface area contributed by atoms with Crippen LogP contribution in [0.5, 0.6) is 0 Å². The third-order valence-electron chi connectivity index (χ3n) is 3.91. The smallest absolute Gasteiger partial charge is 0.254 e. The number of pyridine rings is 1. The second-order valence-electron chi connectivity index (χ2n) is 5.57. The summed E-state index contributed by atoms with van der Waals surface area (Å²) in [6.45, 7) is 3.78. The number of hydrogen-bond acceptors (Lipinski definition) is 3. The Morgan fingerprint density at radius 2 is 1.87 bits per heavy atom. The van der Waals surface area contributed by atoms with Gasteiger partial charge in [0.25, 0.3) is 5.56 Å². The van der Waals surface area contributed by atoms with Gasteiger partial charge < -0.3 is 14.3 Å². The van der Waals surface area contributed by atoms with Crippen LogP contribution in [-0.4, -0.2) is 4.57 Å². The Hall–Kier alpha value is -2.59. The standard InChI is InChI=1S/C19H20N2O2/c1-15-17(12-20-13-18-8-5-11-23-18)9-10-21(19(15)22)14-16-6-3-2-4-7-16/h2-11,20H,12-14H2,1H3. The maximum atomic E-state index is 12.5. The number of furan rings is 1. The third-order valence-corrected chi connectivity index (χ3v) is 3.91. The molecule has 4 nitrogen and oxygen atoms in total. The minimum atomic E-state index is 0.0613. The minimum Gasteiger partial charge on any atom is -0.468 e. The van der Waals surface area contributed by atoms with Crippen molar-refractivity contribution in [1.29, 1.82) is 0 Å². The highest BCUT2D eigenvalue weighted by atomic mass is 16.3. The van der Waals surface area contributed by atoms with E-state index in [1.807, 2.05) is 61.7 Å². The predicted molar refractivity (Wildman–Crippen MR) is 90.2 cm³/mol. The van der Waals surface area contributed by atoms with E-state index in [-0.39, 0.29) is 5.56 Å². The van der Waals surface area contributed by atoms with Gasteiger partial charge in [0.2, 0.25) is 0 Å². The van der Waals surface area contributed by atoms with Gasteiger partial charge in [-0.15, -0.1) is 0 Å². The summed E-state index contributed by atoms with van der Waals surface area (Å²) in [7, 11) is 0. The molecule has 0 unspecified atom stereocenters. The van der Waals surface area contributed by atoms with Gasteiger partial charge in [0.05, 0.1) is 19.4 Å². The molecule has 118 valence electrons. The normalized spacial score (nSPS) is 10.8. The van der Waals surface area contributed by atoms with Crippen molar-refractivity contribution in [3.05, 3.63) is 93.8 Å². The van der Waals surface area contributed by atoms with Crippen molar-refractivity contribution >= 4 is 0 Å². The summed E-state index contributed by atoms with van der Waals surface area (Å²) in [5.41, 5.74) is 2.99. The molecule has 0 spiro atoms. The van der Waals surface area contributed by atoms with Crippen LogP contribution in [0.3, 0.4) is 0 Å². The van der Waals surface area contributed by atoms with Crippen LogP contribution in [0.25, 0.3) is 0 Å². The first kappa shape index (κ1) is 15.3. The van der Waals surface area contributed by atoms with Crippen LogP contribution in [0.4, 0.5) is 0 Å². The van der Waals surface area contributed by atoms with Gasteiger partial charge >= 0.3 is 0 Å². The molecule has 23 heavy (non-hydrogen) atoms. The van der Waals surface area contributed by atoms with Gasteiger partial charge in [0.15, 0.2) is 0 Å². The van der Waals surface area contributed by atoms with Crippen LogP contribution < -0.4 is 10.9 Å². The fourth-order valence-corrected chi connectivity index (χ4v) is 2.56. The van der Waals surface area contributed by atoms with Crippen LogP contribution in [0.15, 0.2) is 70.2 Å². The first-order chi connectivity index (χ1) is 11.2. The molecule has 3 aromatic rings. The molecule has 3 rings (SSSR count). The number of aromatic nitrogens is 1. The Labute approximate surface area is 135 Å². The largest absolute Gasteiger partial charge is 0.468 e. The average molecular weight is 308 g/mol. The van der Waals surface area contributed by atoms with Crippen molar-refractivity contribution in [2.24, 2.45) is 0 Å². The van der Waals surface area contributed by atoms with Crippen LogP contribution in [-0.2, 0) is 19.6 Å². The zero-order valence-corrected chi connectivity index (χ0v) is 13.2. The van der Waals surface area contributed by atoms with Crippen molar-refractivity contribution in [2.45, 2.75) is 26.6 Å². The summed E-state index contributed by atoms with van der Waals surface area (Å²) < 4.78 is 7.03. The molecule has 0 atom stereocenters. The van der Waals surface area contributed by atoms with Gasteiger partial charge in [-0.25, -0.2) is 0 Å². The molecule has 0 bridgehead atoms. The summed E-state index contributed by atoms with van der Waals surface area (Å²) in [5, 5.41) is 3.30. The zero-order valence-electron chi connectivity index (χ0n) is 13.2. The number of nitrogens with one attached hydrogen (secondary N) is 1. The lowest BCUT2D eigenvalue weighted by Gasteiger charge is -2.11. The van der Waals surface area contributed by atoms with E-state index in [0.29, 0.717) is 19.6 Å². The number of rotatable bonds is 6. The molecule has 0 amide bonds. The van der Waals surface area contributed by atoms with Gasteiger partial charge in [-0.3, -0.25) is 4.79 Å². The van der Waals surface area contributed by atoms with Crippen LogP contribution in [0, 0.1) is 6.92 Å². The molecule has 1 aromatic carbocycles. The van der Waals surface area contributed by atoms with Crippen LogP contribution in [0.2, 0.25) is 0 Å². The van der Waals surface area contributed by atoms with E-state index in [4.69, 9.17) is 4.42 Å². The highest BCUT2D eigenvalue weighted by Crippen LogP contribution is 2.06. The number of nitrogens with zero attached hydrogens (tertiary/aromatic N) is 1. The summed E-state index contributed by atoms with van der Waals surface area (Å²) in [4.78, 5) is 12.5. The van der Waals surface area contributed by atoms with Gasteiger partial charge in [0, 0.05) is 18.3 Å². The number of benzene rings is 1. The van der Waals surface area contributed by atoms with Gasteiger partial charge in [-0.2, -0.15) is 0 Å². The van der Waals surface area contributed by atoms with Crippen LogP contribution >= 0.6 is 0 Å². The first-order valence-electron chi connectivity index (χ1n) is 7.70. The topological polar surface area (TPSA) is 47.2 Å². The summed E-state index contributed by atoms with van der Waals surface area (Å²) in [6.07, 6.45) is 3.53. The molecule has 2 aromatic heterocycles. The van der Waals surface area contributed by atoms with E-state index in [9.17, 15) is 4.79 Å². The fraction of sp³-hybridized carbons (Fsp3) is 0.211. The molecule has 1 N–H and O–H groups in total. The van der Waals surface area contributed by atoms with E-state index in [2.05, 4.69) is 5.32 Å². The Bertz CT molecular complexity index is 805. The zero-order chi connectivity index (χ0) is 16.1. The van der Waals surface area contributed by atoms with E-state index in [0.717, 1.165) is 22.5 Å². The average Bonchev–Trinajstić information content (AvgIpc) is 3.08. The lowest BCUT2D eigenvalue weighted by molar-refractivity contribution is 0.482. The Morgan fingerprint density at radius 1 is 1.04 bits per heavy atom. The molecule has 0 aliphatic heterocycles. The van der Waals surface area contributed by atoms with E-state index in [1.54, 1.807) is 10.8 Å². The molecule has 0 aliphatic rings. The quantitative estimate of drug-likeness (QED) is 0.761. The molecule has 0 fully saturated rings. The lowest BCUT2D eigenvalue weighted by atomic mass is 10.1. The highest BCUT2D eigenvalue weighted by molar-refractivity contribution is 5.24. The Kier molecular flexibility index (Phi) is 4.74. The minimum absolute atomic E-state index is 0.0613. The molecule has 0 saturated carbocycles. The SMILES string of the molecule is Cc1c(CNCc2ccco2)ccn(Cc2ccccc2)c1=O. The molecular weight excluding hydrogens is 288 g/mol. The van der Waals surface area contributed by atoms with Crippen molar-refractivity contribution < 1.29 is 4.42 Å². The maximum Gasteiger partial charge on any atom is 0.254 e. The Morgan fingerprint density at radius 3 is 2.61 bits per heavy atom. The predicted octanol–water partition coefficient (Wildman–Crippen LogP) is 3.09.